The standard InChI is InChI=1S/C14H20N6O/c1-15-14-13(17-3-4-18-14)12-9-20(5-6-21-12)8-11-7-16-10-19(11)2/h3-4,7,10,12H,5-6,8-9H2,1-2H3,(H,15,18). The molecule has 0 saturated carbocycles. The predicted molar refractivity (Wildman–Crippen MR) is 78.8 cm³/mol. The lowest BCUT2D eigenvalue weighted by atomic mass is 10.2. The number of ether oxygens (including phenoxy) is 1. The minimum atomic E-state index is -0.0527. The molecule has 0 aromatic carbocycles. The summed E-state index contributed by atoms with van der Waals surface area (Å²) in [6.45, 7) is 3.28. The summed E-state index contributed by atoms with van der Waals surface area (Å²) in [5.74, 6) is 0.782. The Morgan fingerprint density at radius 3 is 3.00 bits per heavy atom. The number of nitrogens with zero attached hydrogens (tertiary/aromatic N) is 5. The van der Waals surface area contributed by atoms with E-state index in [-0.39, 0.29) is 6.10 Å². The van der Waals surface area contributed by atoms with Gasteiger partial charge in [-0.25, -0.2) is 9.97 Å². The van der Waals surface area contributed by atoms with Crippen LogP contribution in [0.2, 0.25) is 0 Å². The van der Waals surface area contributed by atoms with E-state index in [1.165, 1.54) is 5.69 Å². The van der Waals surface area contributed by atoms with Crippen molar-refractivity contribution >= 4 is 5.82 Å². The van der Waals surface area contributed by atoms with Gasteiger partial charge in [-0.3, -0.25) is 9.88 Å². The molecule has 2 aromatic heterocycles. The van der Waals surface area contributed by atoms with Crippen LogP contribution in [0.25, 0.3) is 0 Å². The first kappa shape index (κ1) is 14.0. The fourth-order valence-corrected chi connectivity index (χ4v) is 2.55. The molecular formula is C14H20N6O. The van der Waals surface area contributed by atoms with E-state index >= 15 is 0 Å². The second-order valence-corrected chi connectivity index (χ2v) is 5.13. The molecule has 1 aliphatic rings. The zero-order valence-corrected chi connectivity index (χ0v) is 12.4. The van der Waals surface area contributed by atoms with Gasteiger partial charge in [-0.15, -0.1) is 0 Å². The number of morpholine rings is 1. The summed E-state index contributed by atoms with van der Waals surface area (Å²) in [7, 11) is 3.87. The average Bonchev–Trinajstić information content (AvgIpc) is 2.93. The maximum Gasteiger partial charge on any atom is 0.150 e. The lowest BCUT2D eigenvalue weighted by Gasteiger charge is -2.32. The number of rotatable bonds is 4. The van der Waals surface area contributed by atoms with Crippen molar-refractivity contribution in [2.45, 2.75) is 12.6 Å². The number of imidazole rings is 1. The Morgan fingerprint density at radius 2 is 2.24 bits per heavy atom. The third kappa shape index (κ3) is 3.03. The van der Waals surface area contributed by atoms with Crippen LogP contribution in [0.15, 0.2) is 24.9 Å². The first-order valence-electron chi connectivity index (χ1n) is 7.05. The van der Waals surface area contributed by atoms with Crippen LogP contribution < -0.4 is 5.32 Å². The lowest BCUT2D eigenvalue weighted by Crippen LogP contribution is -2.38. The zero-order valence-electron chi connectivity index (χ0n) is 12.4. The molecule has 1 N–H and O–H groups in total. The number of anilines is 1. The summed E-state index contributed by atoms with van der Waals surface area (Å²) in [6.07, 6.45) is 7.08. The van der Waals surface area contributed by atoms with Crippen molar-refractivity contribution < 1.29 is 4.74 Å². The highest BCUT2D eigenvalue weighted by molar-refractivity contribution is 5.40. The fraction of sp³-hybridized carbons (Fsp3) is 0.500. The van der Waals surface area contributed by atoms with Gasteiger partial charge in [0.25, 0.3) is 0 Å². The summed E-state index contributed by atoms with van der Waals surface area (Å²) in [5, 5.41) is 3.08. The molecule has 7 nitrogen and oxygen atoms in total. The average molecular weight is 288 g/mol. The van der Waals surface area contributed by atoms with Gasteiger partial charge in [-0.05, 0) is 0 Å². The summed E-state index contributed by atoms with van der Waals surface area (Å²) >= 11 is 0. The van der Waals surface area contributed by atoms with Gasteiger partial charge in [0.1, 0.15) is 17.6 Å². The number of aromatic nitrogens is 4. The molecule has 3 heterocycles. The van der Waals surface area contributed by atoms with Crippen molar-refractivity contribution in [2.24, 2.45) is 7.05 Å². The Hall–Kier alpha value is -1.99. The molecule has 0 bridgehead atoms. The van der Waals surface area contributed by atoms with Crippen LogP contribution >= 0.6 is 0 Å². The first-order chi connectivity index (χ1) is 10.3. The van der Waals surface area contributed by atoms with Gasteiger partial charge in [-0.1, -0.05) is 0 Å². The molecule has 1 fully saturated rings. The predicted octanol–water partition coefficient (Wildman–Crippen LogP) is 0.825. The number of nitrogens with one attached hydrogen (secondary N) is 1. The molecular weight excluding hydrogens is 268 g/mol. The maximum atomic E-state index is 5.88. The molecule has 1 unspecified atom stereocenters. The molecule has 1 saturated heterocycles. The zero-order chi connectivity index (χ0) is 14.7. The highest BCUT2D eigenvalue weighted by Crippen LogP contribution is 2.25. The Bertz CT molecular complexity index is 599. The van der Waals surface area contributed by atoms with Gasteiger partial charge in [0.15, 0.2) is 0 Å². The van der Waals surface area contributed by atoms with Gasteiger partial charge in [0.05, 0.1) is 18.6 Å². The molecule has 0 radical (unpaired) electrons. The summed E-state index contributed by atoms with van der Waals surface area (Å²) in [5.41, 5.74) is 2.07. The van der Waals surface area contributed by atoms with Crippen LogP contribution in [0.5, 0.6) is 0 Å². The van der Waals surface area contributed by atoms with E-state index in [1.807, 2.05) is 31.2 Å². The highest BCUT2D eigenvalue weighted by Gasteiger charge is 2.26. The van der Waals surface area contributed by atoms with Crippen LogP contribution in [0.1, 0.15) is 17.5 Å². The van der Waals surface area contributed by atoms with Crippen molar-refractivity contribution in [1.82, 2.24) is 24.4 Å². The van der Waals surface area contributed by atoms with Gasteiger partial charge >= 0.3 is 0 Å². The largest absolute Gasteiger partial charge is 0.372 e. The lowest BCUT2D eigenvalue weighted by molar-refractivity contribution is -0.0353. The third-order valence-corrected chi connectivity index (χ3v) is 3.72. The SMILES string of the molecule is CNc1nccnc1C1CN(Cc2cncn2C)CCO1. The number of aryl methyl sites for hydroxylation is 1. The Labute approximate surface area is 124 Å². The quantitative estimate of drug-likeness (QED) is 0.898. The van der Waals surface area contributed by atoms with Crippen molar-refractivity contribution in [2.75, 3.05) is 32.1 Å². The topological polar surface area (TPSA) is 68.1 Å². The fourth-order valence-electron chi connectivity index (χ4n) is 2.55. The number of hydrogen-bond donors (Lipinski definition) is 1. The van der Waals surface area contributed by atoms with Gasteiger partial charge in [0.2, 0.25) is 0 Å². The maximum absolute atomic E-state index is 5.88. The van der Waals surface area contributed by atoms with Crippen LogP contribution in [0.3, 0.4) is 0 Å². The molecule has 0 amide bonds. The van der Waals surface area contributed by atoms with Crippen LogP contribution in [0.4, 0.5) is 5.82 Å². The minimum absolute atomic E-state index is 0.0527. The smallest absolute Gasteiger partial charge is 0.150 e. The summed E-state index contributed by atoms with van der Waals surface area (Å²) in [6, 6.07) is 0. The van der Waals surface area contributed by atoms with E-state index in [0.717, 1.165) is 31.1 Å². The second-order valence-electron chi connectivity index (χ2n) is 5.13. The van der Waals surface area contributed by atoms with Crippen LogP contribution in [-0.2, 0) is 18.3 Å². The van der Waals surface area contributed by atoms with E-state index in [0.29, 0.717) is 6.61 Å². The van der Waals surface area contributed by atoms with Crippen LogP contribution in [0, 0.1) is 0 Å². The van der Waals surface area contributed by atoms with E-state index < -0.39 is 0 Å². The van der Waals surface area contributed by atoms with E-state index in [2.05, 4.69) is 25.2 Å². The van der Waals surface area contributed by atoms with E-state index in [9.17, 15) is 0 Å². The second kappa shape index (κ2) is 6.19. The summed E-state index contributed by atoms with van der Waals surface area (Å²) in [4.78, 5) is 15.3. The van der Waals surface area contributed by atoms with Crippen molar-refractivity contribution in [3.63, 3.8) is 0 Å². The number of hydrogen-bond acceptors (Lipinski definition) is 6. The van der Waals surface area contributed by atoms with Gasteiger partial charge in [0, 0.05) is 52.3 Å². The van der Waals surface area contributed by atoms with E-state index in [4.69, 9.17) is 4.74 Å². The van der Waals surface area contributed by atoms with Gasteiger partial charge in [-0.2, -0.15) is 0 Å². The molecule has 112 valence electrons. The molecule has 1 atom stereocenters. The van der Waals surface area contributed by atoms with Crippen molar-refractivity contribution in [1.29, 1.82) is 0 Å². The molecule has 7 heteroatoms. The first-order valence-corrected chi connectivity index (χ1v) is 7.05. The Kier molecular flexibility index (Phi) is 4.12. The molecule has 3 rings (SSSR count). The van der Waals surface area contributed by atoms with Crippen molar-refractivity contribution in [3.05, 3.63) is 36.3 Å². The molecule has 0 aliphatic carbocycles. The highest BCUT2D eigenvalue weighted by atomic mass is 16.5. The molecule has 2 aromatic rings. The minimum Gasteiger partial charge on any atom is -0.372 e. The monoisotopic (exact) mass is 288 g/mol. The third-order valence-electron chi connectivity index (χ3n) is 3.72. The Morgan fingerprint density at radius 1 is 1.38 bits per heavy atom. The Balaban J connectivity index is 1.72. The molecule has 0 spiro atoms. The van der Waals surface area contributed by atoms with Crippen molar-refractivity contribution in [3.8, 4) is 0 Å². The van der Waals surface area contributed by atoms with Crippen LogP contribution in [-0.4, -0.2) is 51.2 Å². The van der Waals surface area contributed by atoms with E-state index in [1.54, 1.807) is 12.4 Å². The van der Waals surface area contributed by atoms with Gasteiger partial charge < -0.3 is 14.6 Å². The molecule has 21 heavy (non-hydrogen) atoms. The normalized spacial score (nSPS) is 19.6. The summed E-state index contributed by atoms with van der Waals surface area (Å²) < 4.78 is 7.93. The molecule has 1 aliphatic heterocycles.